The third kappa shape index (κ3) is 5.38. The van der Waals surface area contributed by atoms with Crippen LogP contribution in [0, 0.1) is 5.92 Å². The van der Waals surface area contributed by atoms with Gasteiger partial charge in [0.15, 0.2) is 0 Å². The van der Waals surface area contributed by atoms with E-state index in [1.54, 1.807) is 17.0 Å². The van der Waals surface area contributed by atoms with Crippen molar-refractivity contribution in [3.8, 4) is 0 Å². The molecule has 1 heterocycles. The Morgan fingerprint density at radius 1 is 1.29 bits per heavy atom. The molecule has 0 aliphatic heterocycles. The van der Waals surface area contributed by atoms with Gasteiger partial charge in [-0.25, -0.2) is 4.79 Å². The predicted octanol–water partition coefficient (Wildman–Crippen LogP) is 2.69. The Hall–Kier alpha value is -2.17. The minimum atomic E-state index is -1.02. The maximum atomic E-state index is 12.5. The molecule has 1 rings (SSSR count). The van der Waals surface area contributed by atoms with Gasteiger partial charge in [0, 0.05) is 24.9 Å². The largest absolute Gasteiger partial charge is 0.478 e. The first-order valence-electron chi connectivity index (χ1n) is 6.99. The van der Waals surface area contributed by atoms with Crippen LogP contribution in [-0.4, -0.2) is 39.5 Å². The standard InChI is InChI=1S/C16H22N2O3/c1-11(2)10-18(12(3)4)16(21)14-7-5-13(9-17-14)6-8-15(19)20/h5-9,11-12H,10H2,1-4H3,(H,19,20). The molecule has 0 saturated carbocycles. The van der Waals surface area contributed by atoms with Crippen molar-refractivity contribution in [2.45, 2.75) is 33.7 Å². The lowest BCUT2D eigenvalue weighted by molar-refractivity contribution is -0.131. The highest BCUT2D eigenvalue weighted by Gasteiger charge is 2.20. The summed E-state index contributed by atoms with van der Waals surface area (Å²) in [6.45, 7) is 8.76. The second kappa shape index (κ2) is 7.57. The topological polar surface area (TPSA) is 70.5 Å². The van der Waals surface area contributed by atoms with Gasteiger partial charge in [-0.3, -0.25) is 9.78 Å². The van der Waals surface area contributed by atoms with Crippen LogP contribution in [0.25, 0.3) is 6.08 Å². The zero-order valence-electron chi connectivity index (χ0n) is 12.9. The molecule has 0 aliphatic rings. The fourth-order valence-electron chi connectivity index (χ4n) is 1.87. The average Bonchev–Trinajstić information content (AvgIpc) is 2.42. The van der Waals surface area contributed by atoms with E-state index in [9.17, 15) is 9.59 Å². The van der Waals surface area contributed by atoms with Gasteiger partial charge in [0.25, 0.3) is 5.91 Å². The molecular weight excluding hydrogens is 268 g/mol. The molecule has 5 nitrogen and oxygen atoms in total. The molecule has 0 radical (unpaired) electrons. The number of carboxylic acids is 1. The number of aromatic nitrogens is 1. The Morgan fingerprint density at radius 2 is 1.95 bits per heavy atom. The Labute approximate surface area is 125 Å². The van der Waals surface area contributed by atoms with Crippen LogP contribution >= 0.6 is 0 Å². The van der Waals surface area contributed by atoms with E-state index >= 15 is 0 Å². The molecule has 1 N–H and O–H groups in total. The summed E-state index contributed by atoms with van der Waals surface area (Å²) in [6.07, 6.45) is 3.98. The SMILES string of the molecule is CC(C)CN(C(=O)c1ccc(C=CC(=O)O)cn1)C(C)C. The number of carboxylic acid groups (broad SMARTS) is 1. The minimum absolute atomic E-state index is 0.104. The van der Waals surface area contributed by atoms with E-state index in [-0.39, 0.29) is 11.9 Å². The molecule has 0 bridgehead atoms. The van der Waals surface area contributed by atoms with Gasteiger partial charge in [0.05, 0.1) is 0 Å². The molecule has 0 spiro atoms. The highest BCUT2D eigenvalue weighted by atomic mass is 16.4. The number of pyridine rings is 1. The molecule has 0 fully saturated rings. The molecule has 21 heavy (non-hydrogen) atoms. The fourth-order valence-corrected chi connectivity index (χ4v) is 1.87. The number of hydrogen-bond acceptors (Lipinski definition) is 3. The molecule has 1 aromatic heterocycles. The molecule has 0 unspecified atom stereocenters. The number of hydrogen-bond donors (Lipinski definition) is 1. The molecule has 0 atom stereocenters. The molecule has 0 saturated heterocycles. The lowest BCUT2D eigenvalue weighted by atomic mass is 10.1. The van der Waals surface area contributed by atoms with E-state index in [1.807, 2.05) is 13.8 Å². The lowest BCUT2D eigenvalue weighted by Gasteiger charge is -2.28. The number of rotatable bonds is 6. The van der Waals surface area contributed by atoms with Crippen molar-refractivity contribution < 1.29 is 14.7 Å². The first kappa shape index (κ1) is 16.9. The van der Waals surface area contributed by atoms with Crippen molar-refractivity contribution in [1.29, 1.82) is 0 Å². The monoisotopic (exact) mass is 290 g/mol. The zero-order valence-corrected chi connectivity index (χ0v) is 12.9. The van der Waals surface area contributed by atoms with Crippen molar-refractivity contribution in [3.63, 3.8) is 0 Å². The van der Waals surface area contributed by atoms with Crippen molar-refractivity contribution in [2.24, 2.45) is 5.92 Å². The summed E-state index contributed by atoms with van der Waals surface area (Å²) < 4.78 is 0. The zero-order chi connectivity index (χ0) is 16.0. The molecule has 5 heteroatoms. The molecule has 0 aromatic carbocycles. The molecular formula is C16H22N2O3. The Bertz CT molecular complexity index is 519. The van der Waals surface area contributed by atoms with E-state index < -0.39 is 5.97 Å². The first-order valence-corrected chi connectivity index (χ1v) is 6.99. The van der Waals surface area contributed by atoms with Crippen LogP contribution in [0.2, 0.25) is 0 Å². The molecule has 1 aromatic rings. The van der Waals surface area contributed by atoms with Gasteiger partial charge in [-0.1, -0.05) is 19.9 Å². The van der Waals surface area contributed by atoms with Crippen molar-refractivity contribution >= 4 is 18.0 Å². The van der Waals surface area contributed by atoms with Crippen LogP contribution in [0.15, 0.2) is 24.4 Å². The van der Waals surface area contributed by atoms with Gasteiger partial charge in [-0.15, -0.1) is 0 Å². The van der Waals surface area contributed by atoms with Crippen molar-refractivity contribution in [2.75, 3.05) is 6.54 Å². The first-order chi connectivity index (χ1) is 9.81. The predicted molar refractivity (Wildman–Crippen MR) is 81.9 cm³/mol. The van der Waals surface area contributed by atoms with Gasteiger partial charge in [0.2, 0.25) is 0 Å². The van der Waals surface area contributed by atoms with Crippen molar-refractivity contribution in [1.82, 2.24) is 9.88 Å². The normalized spacial score (nSPS) is 11.3. The summed E-state index contributed by atoms with van der Waals surface area (Å²) in [4.78, 5) is 28.8. The minimum Gasteiger partial charge on any atom is -0.478 e. The Balaban J connectivity index is 2.89. The van der Waals surface area contributed by atoms with Gasteiger partial charge in [-0.05, 0) is 37.5 Å². The van der Waals surface area contributed by atoms with Crippen LogP contribution in [0.4, 0.5) is 0 Å². The van der Waals surface area contributed by atoms with E-state index in [0.717, 1.165) is 6.08 Å². The second-order valence-corrected chi connectivity index (χ2v) is 5.59. The second-order valence-electron chi connectivity index (χ2n) is 5.59. The summed E-state index contributed by atoms with van der Waals surface area (Å²) >= 11 is 0. The van der Waals surface area contributed by atoms with E-state index in [2.05, 4.69) is 18.8 Å². The van der Waals surface area contributed by atoms with E-state index in [0.29, 0.717) is 23.7 Å². The maximum Gasteiger partial charge on any atom is 0.328 e. The quantitative estimate of drug-likeness (QED) is 0.818. The van der Waals surface area contributed by atoms with E-state index in [1.165, 1.54) is 12.3 Å². The third-order valence-electron chi connectivity index (χ3n) is 2.87. The summed E-state index contributed by atoms with van der Waals surface area (Å²) in [5.74, 6) is -0.736. The van der Waals surface area contributed by atoms with Crippen LogP contribution in [0.1, 0.15) is 43.7 Å². The smallest absolute Gasteiger partial charge is 0.328 e. The number of carbonyl (C=O) groups is 2. The summed E-state index contributed by atoms with van der Waals surface area (Å²) in [5, 5.41) is 8.57. The highest BCUT2D eigenvalue weighted by Crippen LogP contribution is 2.11. The Morgan fingerprint density at radius 3 is 2.38 bits per heavy atom. The van der Waals surface area contributed by atoms with Crippen LogP contribution < -0.4 is 0 Å². The van der Waals surface area contributed by atoms with Gasteiger partial charge < -0.3 is 10.0 Å². The van der Waals surface area contributed by atoms with Crippen LogP contribution in [0.3, 0.4) is 0 Å². The Kier molecular flexibility index (Phi) is 6.09. The molecule has 114 valence electrons. The summed E-state index contributed by atoms with van der Waals surface area (Å²) in [5.41, 5.74) is 1.02. The molecule has 1 amide bonds. The number of aliphatic carboxylic acids is 1. The van der Waals surface area contributed by atoms with Crippen LogP contribution in [-0.2, 0) is 4.79 Å². The third-order valence-corrected chi connectivity index (χ3v) is 2.87. The molecule has 0 aliphatic carbocycles. The van der Waals surface area contributed by atoms with E-state index in [4.69, 9.17) is 5.11 Å². The van der Waals surface area contributed by atoms with Crippen molar-refractivity contribution in [3.05, 3.63) is 35.7 Å². The summed E-state index contributed by atoms with van der Waals surface area (Å²) in [6, 6.07) is 3.42. The van der Waals surface area contributed by atoms with Gasteiger partial charge in [-0.2, -0.15) is 0 Å². The van der Waals surface area contributed by atoms with Gasteiger partial charge in [0.1, 0.15) is 5.69 Å². The maximum absolute atomic E-state index is 12.5. The van der Waals surface area contributed by atoms with Crippen LogP contribution in [0.5, 0.6) is 0 Å². The van der Waals surface area contributed by atoms with Gasteiger partial charge >= 0.3 is 5.97 Å². The lowest BCUT2D eigenvalue weighted by Crippen LogP contribution is -2.39. The number of amides is 1. The fraction of sp³-hybridized carbons (Fsp3) is 0.438. The number of carbonyl (C=O) groups excluding carboxylic acids is 1. The number of nitrogens with zero attached hydrogens (tertiary/aromatic N) is 2. The summed E-state index contributed by atoms with van der Waals surface area (Å²) in [7, 11) is 0. The average molecular weight is 290 g/mol. The highest BCUT2D eigenvalue weighted by molar-refractivity contribution is 5.92.